The van der Waals surface area contributed by atoms with E-state index < -0.39 is 0 Å². The number of aryl methyl sites for hydroxylation is 1. The number of hydrogen-bond acceptors (Lipinski definition) is 2. The normalized spacial score (nSPS) is 9.44. The van der Waals surface area contributed by atoms with Gasteiger partial charge in [-0.3, -0.25) is 4.98 Å². The summed E-state index contributed by atoms with van der Waals surface area (Å²) in [5.74, 6) is 0. The largest absolute Gasteiger partial charge is 0.398 e. The van der Waals surface area contributed by atoms with Crippen LogP contribution in [0.5, 0.6) is 0 Å². The van der Waals surface area contributed by atoms with Gasteiger partial charge in [0, 0.05) is 11.9 Å². The van der Waals surface area contributed by atoms with E-state index in [1.54, 1.807) is 12.3 Å². The van der Waals surface area contributed by atoms with Gasteiger partial charge >= 0.3 is 0 Å². The summed E-state index contributed by atoms with van der Waals surface area (Å²) in [6.07, 6.45) is 1.66. The van der Waals surface area contributed by atoms with Crippen LogP contribution in [0.4, 0.5) is 5.69 Å². The molecule has 2 radical (unpaired) electrons. The first-order valence-electron chi connectivity index (χ1n) is 2.68. The maximum atomic E-state index is 5.50. The Bertz CT molecular complexity index is 222. The van der Waals surface area contributed by atoms with Gasteiger partial charge in [0.05, 0.1) is 0 Å². The zero-order valence-electron chi connectivity index (χ0n) is 5.26. The molecule has 3 heteroatoms. The highest BCUT2D eigenvalue weighted by Crippen LogP contribution is 2.02. The number of aromatic nitrogens is 1. The Hall–Kier alpha value is -0.985. The summed E-state index contributed by atoms with van der Waals surface area (Å²) in [6, 6.07) is 1.65. The van der Waals surface area contributed by atoms with E-state index in [9.17, 15) is 0 Å². The molecule has 0 aliphatic carbocycles. The summed E-state index contributed by atoms with van der Waals surface area (Å²) in [5, 5.41) is 0. The first-order valence-corrected chi connectivity index (χ1v) is 2.68. The molecule has 0 aliphatic heterocycles. The average molecular weight is 118 g/mol. The van der Waals surface area contributed by atoms with Crippen LogP contribution in [0.25, 0.3) is 0 Å². The van der Waals surface area contributed by atoms with Crippen molar-refractivity contribution in [2.45, 2.75) is 6.92 Å². The Morgan fingerprint density at radius 2 is 2.33 bits per heavy atom. The highest BCUT2D eigenvalue weighted by atomic mass is 14.7. The summed E-state index contributed by atoms with van der Waals surface area (Å²) in [7, 11) is 5.34. The van der Waals surface area contributed by atoms with Gasteiger partial charge in [0.15, 0.2) is 0 Å². The van der Waals surface area contributed by atoms with Crippen molar-refractivity contribution in [1.29, 1.82) is 0 Å². The Kier molecular flexibility index (Phi) is 1.43. The van der Waals surface area contributed by atoms with Crippen molar-refractivity contribution in [3.05, 3.63) is 17.8 Å². The van der Waals surface area contributed by atoms with Gasteiger partial charge in [-0.2, -0.15) is 0 Å². The summed E-state index contributed by atoms with van der Waals surface area (Å²) >= 11 is 0. The smallest absolute Gasteiger partial charge is 0.141 e. The molecular weight excluding hydrogens is 111 g/mol. The van der Waals surface area contributed by atoms with Crippen LogP contribution in [0.15, 0.2) is 12.3 Å². The number of rotatable bonds is 0. The molecule has 1 aromatic heterocycles. The topological polar surface area (TPSA) is 38.9 Å². The molecule has 1 heterocycles. The van der Waals surface area contributed by atoms with Crippen LogP contribution >= 0.6 is 0 Å². The van der Waals surface area contributed by atoms with Crippen molar-refractivity contribution >= 4 is 19.1 Å². The number of nitrogens with zero attached hydrogens (tertiary/aromatic N) is 1. The minimum Gasteiger partial charge on any atom is -0.398 e. The fourth-order valence-corrected chi connectivity index (χ4v) is 0.556. The number of nitrogen functional groups attached to an aromatic ring is 1. The molecule has 44 valence electrons. The van der Waals surface area contributed by atoms with Crippen LogP contribution in [0, 0.1) is 6.92 Å². The van der Waals surface area contributed by atoms with Crippen molar-refractivity contribution in [2.75, 3.05) is 5.73 Å². The quantitative estimate of drug-likeness (QED) is 0.477. The van der Waals surface area contributed by atoms with Gasteiger partial charge in [-0.25, -0.2) is 0 Å². The van der Waals surface area contributed by atoms with E-state index in [4.69, 9.17) is 13.6 Å². The van der Waals surface area contributed by atoms with E-state index in [1.807, 2.05) is 6.92 Å². The molecule has 0 amide bonds. The fraction of sp³-hybridized carbons (Fsp3) is 0.167. The Balaban J connectivity index is 3.17. The third-order valence-corrected chi connectivity index (χ3v) is 1.17. The lowest BCUT2D eigenvalue weighted by molar-refractivity contribution is 1.32. The second-order valence-corrected chi connectivity index (χ2v) is 1.97. The molecule has 2 N–H and O–H groups in total. The summed E-state index contributed by atoms with van der Waals surface area (Å²) in [6.45, 7) is 1.89. The minimum absolute atomic E-state index is 0.470. The second kappa shape index (κ2) is 2.09. The molecule has 1 aromatic rings. The van der Waals surface area contributed by atoms with Crippen molar-refractivity contribution in [2.24, 2.45) is 0 Å². The maximum Gasteiger partial charge on any atom is 0.141 e. The second-order valence-electron chi connectivity index (χ2n) is 1.97. The zero-order chi connectivity index (χ0) is 6.85. The lowest BCUT2D eigenvalue weighted by Crippen LogP contribution is -2.09. The molecule has 0 aliphatic rings. The van der Waals surface area contributed by atoms with E-state index in [1.165, 1.54) is 0 Å². The van der Waals surface area contributed by atoms with Gasteiger partial charge in [-0.05, 0) is 24.1 Å². The molecule has 0 unspecified atom stereocenters. The minimum atomic E-state index is 0.470. The van der Waals surface area contributed by atoms with E-state index in [2.05, 4.69) is 4.98 Å². The van der Waals surface area contributed by atoms with Gasteiger partial charge in [-0.1, -0.05) is 0 Å². The average Bonchev–Trinajstić information content (AvgIpc) is 1.80. The zero-order valence-corrected chi connectivity index (χ0v) is 5.26. The van der Waals surface area contributed by atoms with Crippen LogP contribution in [0.2, 0.25) is 0 Å². The molecule has 1 rings (SSSR count). The lowest BCUT2D eigenvalue weighted by atomic mass is 10.0. The molecule has 0 saturated heterocycles. The van der Waals surface area contributed by atoms with E-state index in [0.717, 1.165) is 5.56 Å². The number of pyridine rings is 1. The van der Waals surface area contributed by atoms with Crippen molar-refractivity contribution in [3.8, 4) is 0 Å². The molecule has 2 nitrogen and oxygen atoms in total. The van der Waals surface area contributed by atoms with Crippen LogP contribution in [-0.2, 0) is 0 Å². The van der Waals surface area contributed by atoms with Gasteiger partial charge in [0.1, 0.15) is 7.85 Å². The van der Waals surface area contributed by atoms with Crippen LogP contribution < -0.4 is 11.3 Å². The maximum absolute atomic E-state index is 5.50. The van der Waals surface area contributed by atoms with Gasteiger partial charge in [-0.15, -0.1) is 0 Å². The van der Waals surface area contributed by atoms with Crippen molar-refractivity contribution < 1.29 is 0 Å². The number of hydrogen-bond donors (Lipinski definition) is 1. The molecule has 0 atom stereocenters. The summed E-state index contributed by atoms with van der Waals surface area (Å²) in [4.78, 5) is 3.84. The number of nitrogens with two attached hydrogens (primary N) is 1. The van der Waals surface area contributed by atoms with Crippen LogP contribution in [-0.4, -0.2) is 12.8 Å². The van der Waals surface area contributed by atoms with Gasteiger partial charge < -0.3 is 5.73 Å². The lowest BCUT2D eigenvalue weighted by Gasteiger charge is -1.97. The Morgan fingerprint density at radius 3 is 2.78 bits per heavy atom. The molecule has 0 aromatic carbocycles. The number of anilines is 1. The molecule has 0 saturated carbocycles. The molecule has 0 fully saturated rings. The predicted octanol–water partition coefficient (Wildman–Crippen LogP) is -0.234. The fourth-order valence-electron chi connectivity index (χ4n) is 0.556. The Labute approximate surface area is 55.5 Å². The first-order chi connectivity index (χ1) is 4.20. The van der Waals surface area contributed by atoms with Gasteiger partial charge in [0.2, 0.25) is 0 Å². The molecule has 0 spiro atoms. The Morgan fingerprint density at radius 1 is 1.67 bits per heavy atom. The van der Waals surface area contributed by atoms with E-state index in [0.29, 0.717) is 11.3 Å². The van der Waals surface area contributed by atoms with E-state index in [-0.39, 0.29) is 0 Å². The highest BCUT2D eigenvalue weighted by molar-refractivity contribution is 6.30. The SMILES string of the molecule is [B]c1cc(N)c(C)cn1. The van der Waals surface area contributed by atoms with Crippen molar-refractivity contribution in [1.82, 2.24) is 4.98 Å². The summed E-state index contributed by atoms with van der Waals surface area (Å²) in [5.41, 5.74) is 7.63. The highest BCUT2D eigenvalue weighted by Gasteiger charge is 1.90. The third-order valence-electron chi connectivity index (χ3n) is 1.17. The molecular formula is C6H7BN2. The van der Waals surface area contributed by atoms with Crippen LogP contribution in [0.1, 0.15) is 5.56 Å². The van der Waals surface area contributed by atoms with Gasteiger partial charge in [0.25, 0.3) is 0 Å². The van der Waals surface area contributed by atoms with E-state index >= 15 is 0 Å². The molecule has 0 bridgehead atoms. The summed E-state index contributed by atoms with van der Waals surface area (Å²) < 4.78 is 0. The third kappa shape index (κ3) is 1.22. The van der Waals surface area contributed by atoms with Crippen LogP contribution in [0.3, 0.4) is 0 Å². The first kappa shape index (κ1) is 6.14. The standard InChI is InChI=1S/C6H7BN2/c1-4-3-9-6(7)2-5(4)8/h2-3H,1H3,(H2,8,9). The molecule has 9 heavy (non-hydrogen) atoms. The monoisotopic (exact) mass is 118 g/mol. The van der Waals surface area contributed by atoms with Crippen molar-refractivity contribution in [3.63, 3.8) is 0 Å². The predicted molar refractivity (Wildman–Crippen MR) is 38.8 cm³/mol.